The molecule has 0 bridgehead atoms. The van der Waals surface area contributed by atoms with Crippen molar-refractivity contribution in [3.63, 3.8) is 0 Å². The molecule has 0 aliphatic rings. The Hall–Kier alpha value is -5.84. The van der Waals surface area contributed by atoms with Crippen LogP contribution in [0.1, 0.15) is 285 Å². The van der Waals surface area contributed by atoms with Crippen LogP contribution in [-0.4, -0.2) is 96.7 Å². The predicted octanol–water partition coefficient (Wildman–Crippen LogP) is 23.6. The van der Waals surface area contributed by atoms with Crippen LogP contribution in [0.4, 0.5) is 0 Å². The highest BCUT2D eigenvalue weighted by molar-refractivity contribution is 7.47. The minimum atomic E-state index is -5.00. The molecule has 3 N–H and O–H groups in total. The van der Waals surface area contributed by atoms with Gasteiger partial charge in [-0.25, -0.2) is 9.13 Å². The van der Waals surface area contributed by atoms with E-state index in [2.05, 4.69) is 210 Å². The molecule has 600 valence electrons. The largest absolute Gasteiger partial charge is 0.472 e. The second-order valence-electron chi connectivity index (χ2n) is 25.9. The van der Waals surface area contributed by atoms with Crippen molar-refractivity contribution < 1.29 is 80.2 Å². The second kappa shape index (κ2) is 77.3. The Morgan fingerprint density at radius 2 is 0.491 bits per heavy atom. The summed E-state index contributed by atoms with van der Waals surface area (Å²) < 4.78 is 68.5. The number of phosphoric acid groups is 2. The molecule has 0 spiro atoms. The minimum absolute atomic E-state index is 0.0600. The monoisotopic (exact) mass is 1520 g/mol. The molecule has 17 nitrogen and oxygen atoms in total. The molecule has 0 radical (unpaired) electrons. The molecule has 0 rings (SSSR count). The maximum Gasteiger partial charge on any atom is 0.472 e. The van der Waals surface area contributed by atoms with Crippen molar-refractivity contribution in [3.8, 4) is 0 Å². The molecule has 0 aliphatic carbocycles. The molecule has 5 unspecified atom stereocenters. The first-order valence-electron chi connectivity index (χ1n) is 40.0. The maximum atomic E-state index is 13.1. The van der Waals surface area contributed by atoms with Crippen LogP contribution < -0.4 is 0 Å². The fourth-order valence-corrected chi connectivity index (χ4v) is 11.4. The van der Waals surface area contributed by atoms with Crippen molar-refractivity contribution >= 4 is 39.5 Å². The third kappa shape index (κ3) is 76.4. The molecule has 106 heavy (non-hydrogen) atoms. The number of hydrogen-bond acceptors (Lipinski definition) is 15. The minimum Gasteiger partial charge on any atom is -0.462 e. The van der Waals surface area contributed by atoms with E-state index < -0.39 is 97.5 Å². The number of aliphatic hydroxyl groups is 1. The number of aliphatic hydroxyl groups excluding tert-OH is 1. The summed E-state index contributed by atoms with van der Waals surface area (Å²) in [5, 5.41) is 10.6. The summed E-state index contributed by atoms with van der Waals surface area (Å²) >= 11 is 0. The Morgan fingerprint density at radius 1 is 0.274 bits per heavy atom. The van der Waals surface area contributed by atoms with E-state index in [0.29, 0.717) is 25.7 Å². The standard InChI is InChI=1S/C87H140O17P2/c1-5-9-13-17-21-25-29-33-36-38-40-42-45-48-51-55-59-63-67-71-84(89)97-77-82(103-86(91)73-69-65-61-57-53-47-32-28-24-20-16-12-8-4)79-101-105(93,94)99-75-81(88)76-100-106(95,96)102-80-83(104-87(92)74-70-66-62-58-54-50-44-35-31-27-23-19-15-11-7-3)78-98-85(90)72-68-64-60-56-52-49-46-43-41-39-37-34-30-26-22-18-14-10-6-2/h9-11,13-16,20-23,25-28,32-37,40-44,48-49,51-52,81-83,88H,5-8,12,17-19,24,29-31,38-39,45-47,50,53-80H2,1-4H3,(H,93,94)(H,95,96)/b13-9-,14-10-,15-11-,20-16-,25-21-,26-22-,27-23-,32-28-,36-33-,37-34-,42-40-,43-41-,44-35-,51-48-,52-49-. The summed E-state index contributed by atoms with van der Waals surface area (Å²) in [4.78, 5) is 73.1. The van der Waals surface area contributed by atoms with Gasteiger partial charge >= 0.3 is 39.5 Å². The Labute approximate surface area is 641 Å². The molecule has 0 heterocycles. The van der Waals surface area contributed by atoms with Crippen molar-refractivity contribution in [2.45, 2.75) is 303 Å². The topological polar surface area (TPSA) is 237 Å². The molecule has 0 saturated carbocycles. The number of hydrogen-bond donors (Lipinski definition) is 3. The Balaban J connectivity index is 5.45. The van der Waals surface area contributed by atoms with Gasteiger partial charge in [-0.1, -0.05) is 268 Å². The van der Waals surface area contributed by atoms with Gasteiger partial charge in [0, 0.05) is 25.7 Å². The fourth-order valence-electron chi connectivity index (χ4n) is 9.85. The fraction of sp³-hybridized carbons (Fsp3) is 0.609. The van der Waals surface area contributed by atoms with Crippen LogP contribution in [0, 0.1) is 0 Å². The number of allylic oxidation sites excluding steroid dienone is 30. The molecule has 19 heteroatoms. The summed E-state index contributed by atoms with van der Waals surface area (Å²) in [6.45, 7) is 4.34. The molecule has 0 aromatic heterocycles. The number of carbonyl (C=O) groups excluding carboxylic acids is 4. The highest BCUT2D eigenvalue weighted by Gasteiger charge is 2.30. The maximum absolute atomic E-state index is 13.1. The Morgan fingerprint density at radius 3 is 0.764 bits per heavy atom. The highest BCUT2D eigenvalue weighted by atomic mass is 31.2. The molecule has 0 aromatic carbocycles. The lowest BCUT2D eigenvalue weighted by Gasteiger charge is -2.21. The van der Waals surface area contributed by atoms with E-state index in [4.69, 9.17) is 37.0 Å². The molecule has 0 fully saturated rings. The van der Waals surface area contributed by atoms with Gasteiger partial charge in [0.15, 0.2) is 12.2 Å². The first-order chi connectivity index (χ1) is 51.7. The molecule has 0 aliphatic heterocycles. The van der Waals surface area contributed by atoms with E-state index in [9.17, 15) is 43.2 Å². The van der Waals surface area contributed by atoms with Crippen molar-refractivity contribution in [3.05, 3.63) is 182 Å². The lowest BCUT2D eigenvalue weighted by molar-refractivity contribution is -0.161. The van der Waals surface area contributed by atoms with Crippen LogP contribution in [0.5, 0.6) is 0 Å². The van der Waals surface area contributed by atoms with Gasteiger partial charge in [0.1, 0.15) is 19.3 Å². The van der Waals surface area contributed by atoms with Crippen molar-refractivity contribution in [1.82, 2.24) is 0 Å². The SMILES string of the molecule is CC/C=C\C/C=C\C/C=C\C/C=C\C/C=C\CCCCCC(=O)OCC(COP(=O)(O)OCC(O)COP(=O)(O)OCC(COC(=O)CCCCC/C=C\C/C=C\C/C=C\C/C=C\C/C=C\CC)OC(=O)CCCCCCC/C=C\C/C=C\CCC)OC(=O)CCCCCCC/C=C\C/C=C\C/C=C\CC. The predicted molar refractivity (Wildman–Crippen MR) is 436 cm³/mol. The van der Waals surface area contributed by atoms with Crippen LogP contribution >= 0.6 is 15.6 Å². The number of esters is 4. The highest BCUT2D eigenvalue weighted by Crippen LogP contribution is 2.45. The van der Waals surface area contributed by atoms with Gasteiger partial charge in [-0.15, -0.1) is 0 Å². The van der Waals surface area contributed by atoms with Crippen LogP contribution in [0.2, 0.25) is 0 Å². The van der Waals surface area contributed by atoms with Gasteiger partial charge in [0.25, 0.3) is 0 Å². The zero-order chi connectivity index (χ0) is 77.4. The van der Waals surface area contributed by atoms with E-state index >= 15 is 0 Å². The van der Waals surface area contributed by atoms with E-state index in [1.165, 1.54) is 0 Å². The van der Waals surface area contributed by atoms with Crippen LogP contribution in [0.25, 0.3) is 0 Å². The zero-order valence-corrected chi connectivity index (χ0v) is 67.3. The van der Waals surface area contributed by atoms with Gasteiger partial charge < -0.3 is 33.8 Å². The Kier molecular flexibility index (Phi) is 73.1. The number of carbonyl (C=O) groups is 4. The molecular formula is C87H140O17P2. The lowest BCUT2D eigenvalue weighted by atomic mass is 10.1. The summed E-state index contributed by atoms with van der Waals surface area (Å²) in [5.41, 5.74) is 0. The smallest absolute Gasteiger partial charge is 0.462 e. The van der Waals surface area contributed by atoms with Crippen LogP contribution in [0.15, 0.2) is 182 Å². The molecule has 0 saturated heterocycles. The third-order valence-electron chi connectivity index (χ3n) is 15.8. The second-order valence-corrected chi connectivity index (χ2v) is 28.8. The first-order valence-corrected chi connectivity index (χ1v) is 43.0. The van der Waals surface area contributed by atoms with Gasteiger partial charge in [-0.2, -0.15) is 0 Å². The van der Waals surface area contributed by atoms with E-state index in [-0.39, 0.29) is 25.7 Å². The molecule has 0 aromatic rings. The third-order valence-corrected chi connectivity index (χ3v) is 17.7. The van der Waals surface area contributed by atoms with E-state index in [1.807, 2.05) is 0 Å². The molecular weight excluding hydrogens is 1380 g/mol. The normalized spacial score (nSPS) is 14.8. The summed E-state index contributed by atoms with van der Waals surface area (Å²) in [6.07, 6.45) is 93.0. The number of rotatable bonds is 73. The Bertz CT molecular complexity index is 2730. The number of unbranched alkanes of at least 4 members (excludes halogenated alkanes) is 17. The van der Waals surface area contributed by atoms with Gasteiger partial charge in [0.2, 0.25) is 0 Å². The summed E-state index contributed by atoms with van der Waals surface area (Å²) in [5.74, 6) is -2.30. The van der Waals surface area contributed by atoms with E-state index in [0.717, 1.165) is 205 Å². The van der Waals surface area contributed by atoms with Gasteiger partial charge in [-0.05, 0) is 173 Å². The summed E-state index contributed by atoms with van der Waals surface area (Å²) in [6, 6.07) is 0. The summed E-state index contributed by atoms with van der Waals surface area (Å²) in [7, 11) is -10.0. The van der Waals surface area contributed by atoms with Crippen molar-refractivity contribution in [2.75, 3.05) is 39.6 Å². The zero-order valence-electron chi connectivity index (χ0n) is 65.5. The van der Waals surface area contributed by atoms with Gasteiger partial charge in [0.05, 0.1) is 26.4 Å². The first kappa shape index (κ1) is 100. The quantitative estimate of drug-likeness (QED) is 0.0169. The van der Waals surface area contributed by atoms with Crippen LogP contribution in [-0.2, 0) is 65.4 Å². The molecule has 5 atom stereocenters. The van der Waals surface area contributed by atoms with Crippen LogP contribution in [0.3, 0.4) is 0 Å². The number of phosphoric ester groups is 2. The number of ether oxygens (including phenoxy) is 4. The van der Waals surface area contributed by atoms with Crippen molar-refractivity contribution in [2.24, 2.45) is 0 Å². The molecule has 0 amide bonds. The average molecular weight is 1520 g/mol. The van der Waals surface area contributed by atoms with E-state index in [1.54, 1.807) is 0 Å². The average Bonchev–Trinajstić information content (AvgIpc) is 0.933. The van der Waals surface area contributed by atoms with Crippen molar-refractivity contribution in [1.29, 1.82) is 0 Å². The lowest BCUT2D eigenvalue weighted by Crippen LogP contribution is -2.30. The van der Waals surface area contributed by atoms with Gasteiger partial charge in [-0.3, -0.25) is 37.3 Å².